The van der Waals surface area contributed by atoms with E-state index in [1.54, 1.807) is 4.90 Å². The van der Waals surface area contributed by atoms with Gasteiger partial charge in [0.25, 0.3) is 0 Å². The molecule has 1 aliphatic rings. The molecule has 5 nitrogen and oxygen atoms in total. The van der Waals surface area contributed by atoms with Crippen LogP contribution in [-0.4, -0.2) is 34.6 Å². The highest BCUT2D eigenvalue weighted by Crippen LogP contribution is 2.28. The molecule has 0 saturated carbocycles. The lowest BCUT2D eigenvalue weighted by Crippen LogP contribution is -2.54. The molecular weight excluding hydrogens is 292 g/mol. The maximum atomic E-state index is 12.8. The Morgan fingerprint density at radius 2 is 1.96 bits per heavy atom. The molecule has 0 bridgehead atoms. The Morgan fingerprint density at radius 3 is 2.52 bits per heavy atom. The second kappa shape index (κ2) is 6.60. The van der Waals surface area contributed by atoms with Gasteiger partial charge in [-0.3, -0.25) is 4.79 Å². The molecule has 5 heteroatoms. The second-order valence-corrected chi connectivity index (χ2v) is 7.02. The number of benzene rings is 1. The molecule has 0 radical (unpaired) electrons. The summed E-state index contributed by atoms with van der Waals surface area (Å²) < 4.78 is 5.31. The van der Waals surface area contributed by atoms with Gasteiger partial charge in [-0.05, 0) is 39.2 Å². The van der Waals surface area contributed by atoms with Crippen LogP contribution in [0.2, 0.25) is 0 Å². The Labute approximate surface area is 138 Å². The maximum Gasteiger partial charge on any atom is 0.408 e. The molecule has 1 heterocycles. The highest BCUT2D eigenvalue weighted by atomic mass is 16.6. The number of carbonyl (C=O) groups is 2. The van der Waals surface area contributed by atoms with Crippen molar-refractivity contribution in [2.45, 2.75) is 58.2 Å². The van der Waals surface area contributed by atoms with E-state index in [4.69, 9.17) is 4.74 Å². The lowest BCUT2D eigenvalue weighted by Gasteiger charge is -2.29. The summed E-state index contributed by atoms with van der Waals surface area (Å²) in [7, 11) is 0. The Bertz CT molecular complexity index is 565. The number of hydrogen-bond acceptors (Lipinski definition) is 3. The first-order chi connectivity index (χ1) is 10.8. The Morgan fingerprint density at radius 1 is 1.30 bits per heavy atom. The van der Waals surface area contributed by atoms with E-state index in [2.05, 4.69) is 5.32 Å². The molecule has 1 aromatic rings. The fourth-order valence-electron chi connectivity index (χ4n) is 2.82. The fourth-order valence-corrected chi connectivity index (χ4v) is 2.82. The lowest BCUT2D eigenvalue weighted by molar-refractivity contribution is -0.133. The smallest absolute Gasteiger partial charge is 0.408 e. The number of carbonyl (C=O) groups excluding carboxylic acids is 2. The van der Waals surface area contributed by atoms with Crippen LogP contribution in [0.5, 0.6) is 0 Å². The Balaban J connectivity index is 2.05. The lowest BCUT2D eigenvalue weighted by atomic mass is 9.94. The summed E-state index contributed by atoms with van der Waals surface area (Å²) >= 11 is 0. The van der Waals surface area contributed by atoms with E-state index < -0.39 is 17.2 Å². The third-order valence-electron chi connectivity index (χ3n) is 4.07. The number of nitrogens with zero attached hydrogens (tertiary/aromatic N) is 1. The van der Waals surface area contributed by atoms with Crippen molar-refractivity contribution in [3.63, 3.8) is 0 Å². The average molecular weight is 318 g/mol. The van der Waals surface area contributed by atoms with Crippen molar-refractivity contribution in [2.24, 2.45) is 0 Å². The minimum Gasteiger partial charge on any atom is -0.444 e. The molecule has 0 spiro atoms. The molecule has 0 aromatic heterocycles. The van der Waals surface area contributed by atoms with Crippen LogP contribution < -0.4 is 5.32 Å². The van der Waals surface area contributed by atoms with Crippen LogP contribution in [0, 0.1) is 0 Å². The van der Waals surface area contributed by atoms with E-state index in [9.17, 15) is 9.59 Å². The highest BCUT2D eigenvalue weighted by molar-refractivity contribution is 5.91. The Kier molecular flexibility index (Phi) is 4.97. The molecule has 126 valence electrons. The van der Waals surface area contributed by atoms with Gasteiger partial charge >= 0.3 is 6.09 Å². The molecule has 1 N–H and O–H groups in total. The van der Waals surface area contributed by atoms with Gasteiger partial charge in [0.15, 0.2) is 0 Å². The number of rotatable bonds is 4. The number of ether oxygens (including phenoxy) is 1. The zero-order valence-electron chi connectivity index (χ0n) is 14.4. The van der Waals surface area contributed by atoms with Gasteiger partial charge in [0.05, 0.1) is 0 Å². The van der Waals surface area contributed by atoms with E-state index >= 15 is 0 Å². The van der Waals surface area contributed by atoms with Gasteiger partial charge in [-0.15, -0.1) is 0 Å². The van der Waals surface area contributed by atoms with Crippen molar-refractivity contribution < 1.29 is 14.3 Å². The number of hydrogen-bond donors (Lipinski definition) is 1. The molecule has 1 saturated heterocycles. The first-order valence-electron chi connectivity index (χ1n) is 8.10. The van der Waals surface area contributed by atoms with Crippen LogP contribution >= 0.6 is 0 Å². The van der Waals surface area contributed by atoms with Crippen molar-refractivity contribution in [3.05, 3.63) is 35.9 Å². The van der Waals surface area contributed by atoms with Crippen LogP contribution in [-0.2, 0) is 16.1 Å². The largest absolute Gasteiger partial charge is 0.444 e. The summed E-state index contributed by atoms with van der Waals surface area (Å²) in [5.74, 6) is -0.0327. The van der Waals surface area contributed by atoms with Gasteiger partial charge in [0.2, 0.25) is 5.91 Å². The second-order valence-electron chi connectivity index (χ2n) is 7.02. The molecule has 0 aliphatic carbocycles. The standard InChI is InChI=1S/C18H26N2O3/c1-5-18(19-16(22)23-17(2,3)4)11-12-20(15(18)21)13-14-9-7-6-8-10-14/h6-10H,5,11-13H2,1-4H3,(H,19,22). The molecule has 1 unspecified atom stereocenters. The molecular formula is C18H26N2O3. The minimum atomic E-state index is -0.850. The molecule has 2 rings (SSSR count). The predicted molar refractivity (Wildman–Crippen MR) is 88.9 cm³/mol. The van der Waals surface area contributed by atoms with Gasteiger partial charge in [-0.2, -0.15) is 0 Å². The highest BCUT2D eigenvalue weighted by Gasteiger charge is 2.47. The molecule has 1 aromatic carbocycles. The van der Waals surface area contributed by atoms with Crippen LogP contribution in [0.3, 0.4) is 0 Å². The third kappa shape index (κ3) is 4.24. The minimum absolute atomic E-state index is 0.0327. The van der Waals surface area contributed by atoms with Crippen molar-refractivity contribution >= 4 is 12.0 Å². The first kappa shape index (κ1) is 17.3. The monoisotopic (exact) mass is 318 g/mol. The van der Waals surface area contributed by atoms with Gasteiger partial charge < -0.3 is 15.0 Å². The Hall–Kier alpha value is -2.04. The maximum absolute atomic E-state index is 12.8. The number of nitrogens with one attached hydrogen (secondary N) is 1. The van der Waals surface area contributed by atoms with Crippen molar-refractivity contribution in [1.29, 1.82) is 0 Å². The number of amides is 2. The van der Waals surface area contributed by atoms with E-state index in [1.165, 1.54) is 0 Å². The molecule has 2 amide bonds. The number of likely N-dealkylation sites (tertiary alicyclic amines) is 1. The first-order valence-corrected chi connectivity index (χ1v) is 8.10. The average Bonchev–Trinajstić information content (AvgIpc) is 2.76. The molecule has 1 fully saturated rings. The normalized spacial score (nSPS) is 21.4. The zero-order valence-corrected chi connectivity index (χ0v) is 14.4. The van der Waals surface area contributed by atoms with Gasteiger partial charge in [-0.1, -0.05) is 37.3 Å². The van der Waals surface area contributed by atoms with Crippen LogP contribution in [0.15, 0.2) is 30.3 Å². The summed E-state index contributed by atoms with van der Waals surface area (Å²) in [5, 5.41) is 2.81. The van der Waals surface area contributed by atoms with E-state index in [-0.39, 0.29) is 5.91 Å². The molecule has 1 atom stereocenters. The van der Waals surface area contributed by atoms with Crippen molar-refractivity contribution in [1.82, 2.24) is 10.2 Å². The summed E-state index contributed by atoms with van der Waals surface area (Å²) in [6.45, 7) is 8.55. The van der Waals surface area contributed by atoms with Gasteiger partial charge in [0, 0.05) is 13.1 Å². The predicted octanol–water partition coefficient (Wildman–Crippen LogP) is 3.09. The van der Waals surface area contributed by atoms with E-state index in [1.807, 2.05) is 58.0 Å². The van der Waals surface area contributed by atoms with Crippen LogP contribution in [0.25, 0.3) is 0 Å². The quantitative estimate of drug-likeness (QED) is 0.928. The fraction of sp³-hybridized carbons (Fsp3) is 0.556. The SMILES string of the molecule is CCC1(NC(=O)OC(C)(C)C)CCN(Cc2ccccc2)C1=O. The molecule has 23 heavy (non-hydrogen) atoms. The van der Waals surface area contributed by atoms with E-state index in [0.29, 0.717) is 25.9 Å². The van der Waals surface area contributed by atoms with Crippen molar-refractivity contribution in [2.75, 3.05) is 6.54 Å². The van der Waals surface area contributed by atoms with Crippen LogP contribution in [0.1, 0.15) is 46.1 Å². The van der Waals surface area contributed by atoms with Crippen LogP contribution in [0.4, 0.5) is 4.79 Å². The zero-order chi connectivity index (χ0) is 17.1. The van der Waals surface area contributed by atoms with Crippen molar-refractivity contribution in [3.8, 4) is 0 Å². The molecule has 1 aliphatic heterocycles. The van der Waals surface area contributed by atoms with Gasteiger partial charge in [-0.25, -0.2) is 4.79 Å². The summed E-state index contributed by atoms with van der Waals surface area (Å²) in [4.78, 5) is 26.7. The van der Waals surface area contributed by atoms with E-state index in [0.717, 1.165) is 5.56 Å². The summed E-state index contributed by atoms with van der Waals surface area (Å²) in [5.41, 5.74) is -0.341. The summed E-state index contributed by atoms with van der Waals surface area (Å²) in [6, 6.07) is 9.88. The third-order valence-corrected chi connectivity index (χ3v) is 4.07. The topological polar surface area (TPSA) is 58.6 Å². The summed E-state index contributed by atoms with van der Waals surface area (Å²) in [6.07, 6.45) is 0.624. The number of alkyl carbamates (subject to hydrolysis) is 1. The van der Waals surface area contributed by atoms with Gasteiger partial charge in [0.1, 0.15) is 11.1 Å².